The van der Waals surface area contributed by atoms with Crippen LogP contribution in [0.25, 0.3) is 0 Å². The van der Waals surface area contributed by atoms with Gasteiger partial charge in [-0.25, -0.2) is 0 Å². The molecule has 1 N–H and O–H groups in total. The third kappa shape index (κ3) is 5.81. The number of anilines is 1. The van der Waals surface area contributed by atoms with Gasteiger partial charge in [0.05, 0.1) is 24.3 Å². The second-order valence-corrected chi connectivity index (χ2v) is 8.44. The summed E-state index contributed by atoms with van der Waals surface area (Å²) >= 11 is 0. The highest BCUT2D eigenvalue weighted by molar-refractivity contribution is 6.30. The molecule has 3 aromatic rings. The van der Waals surface area contributed by atoms with E-state index in [1.54, 1.807) is 54.6 Å². The Morgan fingerprint density at radius 1 is 0.784 bits per heavy atom. The summed E-state index contributed by atoms with van der Waals surface area (Å²) in [4.78, 5) is 62.7. The number of rotatable bonds is 10. The van der Waals surface area contributed by atoms with Gasteiger partial charge in [-0.05, 0) is 36.8 Å². The van der Waals surface area contributed by atoms with E-state index in [2.05, 4.69) is 5.32 Å². The van der Waals surface area contributed by atoms with Gasteiger partial charge in [0.25, 0.3) is 5.91 Å². The molecule has 8 heteroatoms. The second kappa shape index (κ2) is 11.4. The summed E-state index contributed by atoms with van der Waals surface area (Å²) in [6, 6.07) is 17.8. The number of benzene rings is 3. The third-order valence-corrected chi connectivity index (χ3v) is 5.80. The predicted molar refractivity (Wildman–Crippen MR) is 135 cm³/mol. The number of ketones is 3. The van der Waals surface area contributed by atoms with E-state index in [1.807, 2.05) is 6.92 Å². The number of amides is 1. The standard InChI is InChI=1S/C29H25NO7/c1-2-16-36-19-12-10-18(11-13-19)24(31)14-15-26(33)37-17-25(32)30-23-9-5-8-22-27(23)29(35)21-7-4-3-6-20(21)28(22)34/h3-13H,2,14-17H2,1H3,(H,30,32). The number of Topliss-reactive ketones (excluding diaryl/α,β-unsaturated/α-hetero) is 1. The summed E-state index contributed by atoms with van der Waals surface area (Å²) in [5.41, 5.74) is 1.48. The normalized spacial score (nSPS) is 11.8. The lowest BCUT2D eigenvalue weighted by Crippen LogP contribution is -2.26. The van der Waals surface area contributed by atoms with E-state index in [1.165, 1.54) is 12.1 Å². The van der Waals surface area contributed by atoms with Crippen molar-refractivity contribution in [2.45, 2.75) is 26.2 Å². The van der Waals surface area contributed by atoms with Crippen LogP contribution in [0.4, 0.5) is 5.69 Å². The van der Waals surface area contributed by atoms with Gasteiger partial charge < -0.3 is 14.8 Å². The SMILES string of the molecule is CCCOc1ccc(C(=O)CCC(=O)OCC(=O)Nc2cccc3c2C(=O)c2ccccc2C3=O)cc1. The van der Waals surface area contributed by atoms with Gasteiger partial charge in [0.1, 0.15) is 5.75 Å². The van der Waals surface area contributed by atoms with E-state index in [9.17, 15) is 24.0 Å². The fourth-order valence-corrected chi connectivity index (χ4v) is 3.97. The first-order valence-electron chi connectivity index (χ1n) is 11.9. The Morgan fingerprint density at radius 3 is 2.16 bits per heavy atom. The molecule has 0 heterocycles. The number of fused-ring (bicyclic) bond motifs is 2. The van der Waals surface area contributed by atoms with E-state index >= 15 is 0 Å². The highest BCUT2D eigenvalue weighted by Crippen LogP contribution is 2.31. The number of ether oxygens (including phenoxy) is 2. The van der Waals surface area contributed by atoms with Gasteiger partial charge in [0, 0.05) is 28.7 Å². The van der Waals surface area contributed by atoms with Gasteiger partial charge >= 0.3 is 5.97 Å². The van der Waals surface area contributed by atoms with Crippen LogP contribution in [0.15, 0.2) is 66.7 Å². The van der Waals surface area contributed by atoms with Crippen LogP contribution >= 0.6 is 0 Å². The van der Waals surface area contributed by atoms with E-state index < -0.39 is 18.5 Å². The largest absolute Gasteiger partial charge is 0.494 e. The number of carbonyl (C=O) groups excluding carboxylic acids is 5. The zero-order valence-corrected chi connectivity index (χ0v) is 20.2. The molecule has 0 saturated carbocycles. The summed E-state index contributed by atoms with van der Waals surface area (Å²) in [7, 11) is 0. The maximum Gasteiger partial charge on any atom is 0.306 e. The minimum absolute atomic E-state index is 0.0716. The van der Waals surface area contributed by atoms with Crippen molar-refractivity contribution in [3.63, 3.8) is 0 Å². The zero-order valence-electron chi connectivity index (χ0n) is 20.2. The Bertz CT molecular complexity index is 1380. The van der Waals surface area contributed by atoms with E-state index in [0.29, 0.717) is 23.5 Å². The van der Waals surface area contributed by atoms with E-state index in [4.69, 9.17) is 9.47 Å². The topological polar surface area (TPSA) is 116 Å². The summed E-state index contributed by atoms with van der Waals surface area (Å²) in [5.74, 6) is -1.62. The Balaban J connectivity index is 1.30. The molecule has 1 aliphatic rings. The lowest BCUT2D eigenvalue weighted by Gasteiger charge is -2.20. The highest BCUT2D eigenvalue weighted by atomic mass is 16.5. The van der Waals surface area contributed by atoms with Crippen LogP contribution in [0.1, 0.15) is 68.4 Å². The lowest BCUT2D eigenvalue weighted by molar-refractivity contribution is -0.147. The first kappa shape index (κ1) is 25.5. The van der Waals surface area contributed by atoms with Gasteiger partial charge in [-0.3, -0.25) is 24.0 Å². The van der Waals surface area contributed by atoms with Crippen molar-refractivity contribution in [3.8, 4) is 5.75 Å². The molecule has 3 aromatic carbocycles. The van der Waals surface area contributed by atoms with Crippen molar-refractivity contribution in [2.24, 2.45) is 0 Å². The molecular weight excluding hydrogens is 474 g/mol. The monoisotopic (exact) mass is 499 g/mol. The molecule has 0 spiro atoms. The molecule has 0 fully saturated rings. The van der Waals surface area contributed by atoms with Crippen molar-refractivity contribution in [1.29, 1.82) is 0 Å². The molecule has 0 atom stereocenters. The van der Waals surface area contributed by atoms with Crippen LogP contribution in [0, 0.1) is 0 Å². The summed E-state index contributed by atoms with van der Waals surface area (Å²) in [6.07, 6.45) is 0.614. The Labute approximate surface area is 213 Å². The number of hydrogen-bond donors (Lipinski definition) is 1. The molecule has 1 amide bonds. The predicted octanol–water partition coefficient (Wildman–Crippen LogP) is 4.40. The molecule has 1 aliphatic carbocycles. The molecule has 188 valence electrons. The average Bonchev–Trinajstić information content (AvgIpc) is 2.92. The number of esters is 1. The van der Waals surface area contributed by atoms with Crippen LogP contribution in [0.5, 0.6) is 5.75 Å². The Morgan fingerprint density at radius 2 is 1.46 bits per heavy atom. The van der Waals surface area contributed by atoms with Gasteiger partial charge in [-0.15, -0.1) is 0 Å². The molecule has 37 heavy (non-hydrogen) atoms. The van der Waals surface area contributed by atoms with Gasteiger partial charge in [-0.1, -0.05) is 43.3 Å². The zero-order chi connectivity index (χ0) is 26.4. The second-order valence-electron chi connectivity index (χ2n) is 8.44. The fraction of sp³-hybridized carbons (Fsp3) is 0.207. The molecule has 0 unspecified atom stereocenters. The van der Waals surface area contributed by atoms with Gasteiger partial charge in [-0.2, -0.15) is 0 Å². The van der Waals surface area contributed by atoms with Crippen molar-refractivity contribution in [3.05, 3.63) is 94.5 Å². The van der Waals surface area contributed by atoms with Crippen molar-refractivity contribution in [1.82, 2.24) is 0 Å². The number of hydrogen-bond acceptors (Lipinski definition) is 7. The lowest BCUT2D eigenvalue weighted by atomic mass is 9.83. The fourth-order valence-electron chi connectivity index (χ4n) is 3.97. The Hall–Kier alpha value is -4.59. The third-order valence-electron chi connectivity index (χ3n) is 5.80. The minimum Gasteiger partial charge on any atom is -0.494 e. The number of carbonyl (C=O) groups is 5. The Kier molecular flexibility index (Phi) is 7.88. The average molecular weight is 500 g/mol. The highest BCUT2D eigenvalue weighted by Gasteiger charge is 2.31. The van der Waals surface area contributed by atoms with Crippen LogP contribution in [0.2, 0.25) is 0 Å². The molecule has 0 saturated heterocycles. The van der Waals surface area contributed by atoms with Crippen LogP contribution < -0.4 is 10.1 Å². The van der Waals surface area contributed by atoms with Crippen molar-refractivity contribution >= 4 is 34.9 Å². The van der Waals surface area contributed by atoms with Crippen LogP contribution in [0.3, 0.4) is 0 Å². The van der Waals surface area contributed by atoms with Gasteiger partial charge in [0.2, 0.25) is 0 Å². The quantitative estimate of drug-likeness (QED) is 0.254. The molecule has 0 bridgehead atoms. The molecular formula is C29H25NO7. The van der Waals surface area contributed by atoms with Crippen molar-refractivity contribution in [2.75, 3.05) is 18.5 Å². The summed E-state index contributed by atoms with van der Waals surface area (Å²) < 4.78 is 10.5. The molecule has 8 nitrogen and oxygen atoms in total. The first-order chi connectivity index (χ1) is 17.9. The molecule has 0 aromatic heterocycles. The van der Waals surface area contributed by atoms with E-state index in [0.717, 1.165) is 6.42 Å². The molecule has 4 rings (SSSR count). The summed E-state index contributed by atoms with van der Waals surface area (Å²) in [5, 5.41) is 2.55. The van der Waals surface area contributed by atoms with Crippen molar-refractivity contribution < 1.29 is 33.4 Å². The smallest absolute Gasteiger partial charge is 0.306 e. The van der Waals surface area contributed by atoms with Crippen LogP contribution in [-0.2, 0) is 14.3 Å². The maximum absolute atomic E-state index is 13.0. The maximum atomic E-state index is 13.0. The van der Waals surface area contributed by atoms with E-state index in [-0.39, 0.29) is 52.6 Å². The first-order valence-corrected chi connectivity index (χ1v) is 11.9. The molecule has 0 radical (unpaired) electrons. The van der Waals surface area contributed by atoms with Gasteiger partial charge in [0.15, 0.2) is 24.0 Å². The molecule has 0 aliphatic heterocycles. The number of nitrogens with one attached hydrogen (secondary N) is 1. The minimum atomic E-state index is -0.707. The van der Waals surface area contributed by atoms with Crippen LogP contribution in [-0.4, -0.2) is 42.4 Å². The summed E-state index contributed by atoms with van der Waals surface area (Å²) in [6.45, 7) is 1.98.